The Hall–Kier alpha value is -2.92. The van der Waals surface area contributed by atoms with Crippen LogP contribution in [0.2, 0.25) is 5.02 Å². The molecule has 28 heavy (non-hydrogen) atoms. The maximum absolute atomic E-state index is 12.9. The Morgan fingerprint density at radius 2 is 1.79 bits per heavy atom. The quantitative estimate of drug-likeness (QED) is 0.555. The summed E-state index contributed by atoms with van der Waals surface area (Å²) in [7, 11) is 0. The molecule has 6 heteroatoms. The molecule has 5 nitrogen and oxygen atoms in total. The number of benzene rings is 2. The minimum absolute atomic E-state index is 0.160. The third-order valence-electron chi connectivity index (χ3n) is 4.18. The Kier molecular flexibility index (Phi) is 5.95. The van der Waals surface area contributed by atoms with Crippen LogP contribution in [0.1, 0.15) is 32.2 Å². The van der Waals surface area contributed by atoms with Gasteiger partial charge in [0.15, 0.2) is 0 Å². The number of halogens is 1. The molecule has 1 aromatic heterocycles. The summed E-state index contributed by atoms with van der Waals surface area (Å²) in [6.07, 6.45) is 3.23. The third kappa shape index (κ3) is 4.87. The summed E-state index contributed by atoms with van der Waals surface area (Å²) in [6.45, 7) is 6.10. The zero-order valence-electron chi connectivity index (χ0n) is 16.1. The van der Waals surface area contributed by atoms with Gasteiger partial charge in [-0.05, 0) is 38.5 Å². The Morgan fingerprint density at radius 3 is 2.46 bits per heavy atom. The molecule has 0 bridgehead atoms. The summed E-state index contributed by atoms with van der Waals surface area (Å²) in [5.74, 6) is 0.726. The van der Waals surface area contributed by atoms with Crippen molar-refractivity contribution in [3.63, 3.8) is 0 Å². The van der Waals surface area contributed by atoms with Crippen molar-refractivity contribution in [2.24, 2.45) is 0 Å². The van der Waals surface area contributed by atoms with Crippen LogP contribution in [0, 0.1) is 0 Å². The van der Waals surface area contributed by atoms with E-state index < -0.39 is 5.54 Å². The van der Waals surface area contributed by atoms with E-state index in [1.165, 1.54) is 6.08 Å². The lowest BCUT2D eigenvalue weighted by Crippen LogP contribution is -2.44. The number of aromatic nitrogens is 2. The van der Waals surface area contributed by atoms with Crippen LogP contribution in [0.4, 0.5) is 0 Å². The Balaban J connectivity index is 1.79. The second kappa shape index (κ2) is 8.40. The molecule has 0 saturated heterocycles. The lowest BCUT2D eigenvalue weighted by molar-refractivity contribution is -0.131. The van der Waals surface area contributed by atoms with Gasteiger partial charge in [0.1, 0.15) is 6.54 Å². The minimum Gasteiger partial charge on any atom is -0.337 e. The van der Waals surface area contributed by atoms with Gasteiger partial charge in [-0.2, -0.15) is 4.98 Å². The maximum atomic E-state index is 12.9. The van der Waals surface area contributed by atoms with Crippen molar-refractivity contribution in [2.45, 2.75) is 32.9 Å². The fraction of sp³-hybridized carbons (Fsp3) is 0.227. The predicted octanol–water partition coefficient (Wildman–Crippen LogP) is 5.23. The van der Waals surface area contributed by atoms with E-state index in [0.29, 0.717) is 16.7 Å². The van der Waals surface area contributed by atoms with Crippen molar-refractivity contribution < 1.29 is 9.32 Å². The number of nitrogens with zero attached hydrogens (tertiary/aromatic N) is 3. The molecule has 3 rings (SSSR count). The molecular formula is C22H22ClN3O2. The molecule has 2 aromatic carbocycles. The molecule has 0 fully saturated rings. The fourth-order valence-electron chi connectivity index (χ4n) is 2.67. The van der Waals surface area contributed by atoms with E-state index >= 15 is 0 Å². The molecule has 0 aliphatic carbocycles. The molecule has 0 N–H and O–H groups in total. The maximum Gasteiger partial charge on any atom is 0.247 e. The molecule has 1 heterocycles. The van der Waals surface area contributed by atoms with Gasteiger partial charge in [0, 0.05) is 22.2 Å². The first kappa shape index (κ1) is 19.8. The van der Waals surface area contributed by atoms with Crippen molar-refractivity contribution in [1.82, 2.24) is 15.0 Å². The van der Waals surface area contributed by atoms with Gasteiger partial charge in [-0.25, -0.2) is 0 Å². The lowest BCUT2D eigenvalue weighted by atomic mass is 10.1. The van der Waals surface area contributed by atoms with Gasteiger partial charge in [-0.3, -0.25) is 4.79 Å². The number of hydrogen-bond donors (Lipinski definition) is 0. The molecule has 1 amide bonds. The molecule has 144 valence electrons. The Morgan fingerprint density at radius 1 is 1.11 bits per heavy atom. The van der Waals surface area contributed by atoms with E-state index in [1.807, 2.05) is 69.3 Å². The first-order valence-corrected chi connectivity index (χ1v) is 9.34. The molecule has 0 atom stereocenters. The zero-order valence-corrected chi connectivity index (χ0v) is 16.8. The van der Waals surface area contributed by atoms with E-state index in [1.54, 1.807) is 17.0 Å². The summed E-state index contributed by atoms with van der Waals surface area (Å²) in [5.41, 5.74) is 1.23. The van der Waals surface area contributed by atoms with Gasteiger partial charge in [-0.15, -0.1) is 0 Å². The van der Waals surface area contributed by atoms with E-state index in [-0.39, 0.29) is 12.5 Å². The van der Waals surface area contributed by atoms with Gasteiger partial charge in [-0.1, -0.05) is 65.3 Å². The molecule has 0 radical (unpaired) electrons. The SMILES string of the molecule is CC(C)(C)N(Cc1nc(-c2ccccc2)no1)C(=O)/C=C/c1ccccc1Cl. The number of amides is 1. The monoisotopic (exact) mass is 395 g/mol. The average molecular weight is 396 g/mol. The van der Waals surface area contributed by atoms with Crippen molar-refractivity contribution >= 4 is 23.6 Å². The first-order chi connectivity index (χ1) is 13.3. The van der Waals surface area contributed by atoms with Crippen LogP contribution in [-0.4, -0.2) is 26.5 Å². The van der Waals surface area contributed by atoms with Crippen LogP contribution in [0.3, 0.4) is 0 Å². The standard InChI is InChI=1S/C22H22ClN3O2/c1-22(2,3)26(20(27)14-13-16-9-7-8-12-18(16)23)15-19-24-21(25-28-19)17-10-5-4-6-11-17/h4-14H,15H2,1-3H3/b14-13+. The molecule has 0 spiro atoms. The summed E-state index contributed by atoms with van der Waals surface area (Å²) in [4.78, 5) is 19.0. The normalized spacial score (nSPS) is 11.7. The Labute approximate surface area is 169 Å². The second-order valence-corrected chi connectivity index (χ2v) is 7.73. The van der Waals surface area contributed by atoms with E-state index in [2.05, 4.69) is 10.1 Å². The highest BCUT2D eigenvalue weighted by Crippen LogP contribution is 2.21. The second-order valence-electron chi connectivity index (χ2n) is 7.33. The Bertz CT molecular complexity index is 975. The third-order valence-corrected chi connectivity index (χ3v) is 4.52. The highest BCUT2D eigenvalue weighted by molar-refractivity contribution is 6.32. The van der Waals surface area contributed by atoms with Crippen molar-refractivity contribution in [2.75, 3.05) is 0 Å². The number of carbonyl (C=O) groups is 1. The lowest BCUT2D eigenvalue weighted by Gasteiger charge is -2.33. The predicted molar refractivity (Wildman–Crippen MR) is 111 cm³/mol. The van der Waals surface area contributed by atoms with E-state index in [9.17, 15) is 4.79 Å². The van der Waals surface area contributed by atoms with Crippen LogP contribution < -0.4 is 0 Å². The van der Waals surface area contributed by atoms with Crippen LogP contribution in [0.5, 0.6) is 0 Å². The molecule has 0 unspecified atom stereocenters. The van der Waals surface area contributed by atoms with Crippen molar-refractivity contribution in [3.05, 3.63) is 77.2 Å². The van der Waals surface area contributed by atoms with E-state index in [0.717, 1.165) is 11.1 Å². The summed E-state index contributed by atoms with van der Waals surface area (Å²) < 4.78 is 5.38. The van der Waals surface area contributed by atoms with Crippen molar-refractivity contribution in [1.29, 1.82) is 0 Å². The molecule has 0 aliphatic heterocycles. The van der Waals surface area contributed by atoms with Gasteiger partial charge in [0.25, 0.3) is 0 Å². The minimum atomic E-state index is -0.427. The largest absolute Gasteiger partial charge is 0.337 e. The van der Waals surface area contributed by atoms with Crippen LogP contribution in [0.25, 0.3) is 17.5 Å². The number of carbonyl (C=O) groups excluding carboxylic acids is 1. The molecule has 3 aromatic rings. The highest BCUT2D eigenvalue weighted by atomic mass is 35.5. The number of hydrogen-bond acceptors (Lipinski definition) is 4. The van der Waals surface area contributed by atoms with Crippen LogP contribution >= 0.6 is 11.6 Å². The first-order valence-electron chi connectivity index (χ1n) is 8.97. The van der Waals surface area contributed by atoms with Gasteiger partial charge in [0.2, 0.25) is 17.6 Å². The van der Waals surface area contributed by atoms with Crippen LogP contribution in [-0.2, 0) is 11.3 Å². The highest BCUT2D eigenvalue weighted by Gasteiger charge is 2.27. The fourth-order valence-corrected chi connectivity index (χ4v) is 2.86. The van der Waals surface area contributed by atoms with Gasteiger partial charge < -0.3 is 9.42 Å². The van der Waals surface area contributed by atoms with Gasteiger partial charge in [0.05, 0.1) is 0 Å². The summed E-state index contributed by atoms with van der Waals surface area (Å²) in [5, 5.41) is 4.62. The number of rotatable bonds is 5. The molecule has 0 saturated carbocycles. The topological polar surface area (TPSA) is 59.2 Å². The smallest absolute Gasteiger partial charge is 0.247 e. The molecule has 0 aliphatic rings. The molecular weight excluding hydrogens is 374 g/mol. The summed E-state index contributed by atoms with van der Waals surface area (Å²) in [6, 6.07) is 16.9. The van der Waals surface area contributed by atoms with Gasteiger partial charge >= 0.3 is 0 Å². The zero-order chi connectivity index (χ0) is 20.1. The summed E-state index contributed by atoms with van der Waals surface area (Å²) >= 11 is 6.16. The van der Waals surface area contributed by atoms with Crippen LogP contribution in [0.15, 0.2) is 65.2 Å². The van der Waals surface area contributed by atoms with Crippen molar-refractivity contribution in [3.8, 4) is 11.4 Å². The average Bonchev–Trinajstić information content (AvgIpc) is 3.14. The van der Waals surface area contributed by atoms with E-state index in [4.69, 9.17) is 16.1 Å².